The Labute approximate surface area is 153 Å². The molecule has 0 spiro atoms. The van der Waals surface area contributed by atoms with Crippen molar-refractivity contribution < 1.29 is 14.3 Å². The van der Waals surface area contributed by atoms with Crippen LogP contribution in [0.25, 0.3) is 0 Å². The van der Waals surface area contributed by atoms with Gasteiger partial charge in [0.2, 0.25) is 5.91 Å². The van der Waals surface area contributed by atoms with Crippen molar-refractivity contribution in [2.75, 3.05) is 43.5 Å². The van der Waals surface area contributed by atoms with E-state index < -0.39 is 0 Å². The number of amides is 2. The summed E-state index contributed by atoms with van der Waals surface area (Å²) in [6, 6.07) is 15.0. The predicted molar refractivity (Wildman–Crippen MR) is 102 cm³/mol. The molecule has 2 amide bonds. The van der Waals surface area contributed by atoms with Gasteiger partial charge in [0.05, 0.1) is 7.11 Å². The Morgan fingerprint density at radius 1 is 1.00 bits per heavy atom. The highest BCUT2D eigenvalue weighted by Crippen LogP contribution is 2.22. The number of hydrogen-bond donors (Lipinski definition) is 1. The molecule has 6 heteroatoms. The number of carbonyl (C=O) groups is 2. The standard InChI is InChI=1S/C20H23N3O3/c1-15(24)21-17-8-6-16(7-9-17)20(25)23-12-10-22(11-13-23)18-4-3-5-19(14-18)26-2/h3-9,14H,10-13H2,1-2H3,(H,21,24). The lowest BCUT2D eigenvalue weighted by Gasteiger charge is -2.36. The van der Waals surface area contributed by atoms with Gasteiger partial charge in [0.1, 0.15) is 5.75 Å². The van der Waals surface area contributed by atoms with Crippen LogP contribution in [0.3, 0.4) is 0 Å². The molecule has 2 aromatic rings. The van der Waals surface area contributed by atoms with Crippen LogP contribution in [0.5, 0.6) is 5.75 Å². The summed E-state index contributed by atoms with van der Waals surface area (Å²) < 4.78 is 5.28. The van der Waals surface area contributed by atoms with Gasteiger partial charge < -0.3 is 19.9 Å². The van der Waals surface area contributed by atoms with Crippen LogP contribution in [0.2, 0.25) is 0 Å². The van der Waals surface area contributed by atoms with Crippen molar-refractivity contribution in [1.29, 1.82) is 0 Å². The third-order valence-electron chi connectivity index (χ3n) is 4.44. The molecule has 0 saturated carbocycles. The number of nitrogens with zero attached hydrogens (tertiary/aromatic N) is 2. The van der Waals surface area contributed by atoms with Crippen molar-refractivity contribution in [2.45, 2.75) is 6.92 Å². The SMILES string of the molecule is COc1cccc(N2CCN(C(=O)c3ccc(NC(C)=O)cc3)CC2)c1. The summed E-state index contributed by atoms with van der Waals surface area (Å²) in [6.07, 6.45) is 0. The second-order valence-electron chi connectivity index (χ2n) is 6.24. The van der Waals surface area contributed by atoms with E-state index >= 15 is 0 Å². The zero-order valence-electron chi connectivity index (χ0n) is 15.1. The van der Waals surface area contributed by atoms with Crippen LogP contribution in [0, 0.1) is 0 Å². The van der Waals surface area contributed by atoms with Gasteiger partial charge in [0.15, 0.2) is 0 Å². The van der Waals surface area contributed by atoms with Crippen LogP contribution in [-0.4, -0.2) is 50.0 Å². The van der Waals surface area contributed by atoms with E-state index in [-0.39, 0.29) is 11.8 Å². The topological polar surface area (TPSA) is 61.9 Å². The maximum absolute atomic E-state index is 12.7. The largest absolute Gasteiger partial charge is 0.497 e. The zero-order chi connectivity index (χ0) is 18.5. The van der Waals surface area contributed by atoms with Crippen LogP contribution in [-0.2, 0) is 4.79 Å². The summed E-state index contributed by atoms with van der Waals surface area (Å²) in [5.74, 6) is 0.725. The minimum absolute atomic E-state index is 0.0182. The van der Waals surface area contributed by atoms with Gasteiger partial charge in [0, 0.05) is 56.1 Å². The van der Waals surface area contributed by atoms with Crippen LogP contribution >= 0.6 is 0 Å². The minimum Gasteiger partial charge on any atom is -0.497 e. The summed E-state index contributed by atoms with van der Waals surface area (Å²) in [6.45, 7) is 4.36. The monoisotopic (exact) mass is 353 g/mol. The van der Waals surface area contributed by atoms with E-state index in [1.165, 1.54) is 6.92 Å². The van der Waals surface area contributed by atoms with Crippen molar-refractivity contribution in [3.8, 4) is 5.75 Å². The van der Waals surface area contributed by atoms with Crippen LogP contribution in [0.15, 0.2) is 48.5 Å². The fraction of sp³-hybridized carbons (Fsp3) is 0.300. The van der Waals surface area contributed by atoms with Crippen LogP contribution in [0.1, 0.15) is 17.3 Å². The number of anilines is 2. The van der Waals surface area contributed by atoms with Gasteiger partial charge in [-0.25, -0.2) is 0 Å². The highest BCUT2D eigenvalue weighted by molar-refractivity contribution is 5.95. The average Bonchev–Trinajstić information content (AvgIpc) is 2.68. The van der Waals surface area contributed by atoms with E-state index in [2.05, 4.69) is 16.3 Å². The van der Waals surface area contributed by atoms with Gasteiger partial charge in [-0.3, -0.25) is 9.59 Å². The molecule has 2 aromatic carbocycles. The summed E-state index contributed by atoms with van der Waals surface area (Å²) in [7, 11) is 1.66. The Hall–Kier alpha value is -3.02. The molecule has 6 nitrogen and oxygen atoms in total. The smallest absolute Gasteiger partial charge is 0.253 e. The lowest BCUT2D eigenvalue weighted by Crippen LogP contribution is -2.48. The first-order valence-electron chi connectivity index (χ1n) is 8.63. The van der Waals surface area contributed by atoms with Gasteiger partial charge in [0.25, 0.3) is 5.91 Å². The third kappa shape index (κ3) is 4.14. The quantitative estimate of drug-likeness (QED) is 0.918. The maximum Gasteiger partial charge on any atom is 0.253 e. The first kappa shape index (κ1) is 17.8. The first-order chi connectivity index (χ1) is 12.6. The molecule has 26 heavy (non-hydrogen) atoms. The van der Waals surface area contributed by atoms with Crippen molar-refractivity contribution in [3.63, 3.8) is 0 Å². The fourth-order valence-electron chi connectivity index (χ4n) is 3.06. The number of benzene rings is 2. The number of hydrogen-bond acceptors (Lipinski definition) is 4. The van der Waals surface area contributed by atoms with Gasteiger partial charge >= 0.3 is 0 Å². The molecular formula is C20H23N3O3. The molecule has 1 saturated heterocycles. The zero-order valence-corrected chi connectivity index (χ0v) is 15.1. The lowest BCUT2D eigenvalue weighted by molar-refractivity contribution is -0.114. The molecule has 1 N–H and O–H groups in total. The Morgan fingerprint density at radius 2 is 1.69 bits per heavy atom. The van der Waals surface area contributed by atoms with Gasteiger partial charge in [-0.1, -0.05) is 6.07 Å². The van der Waals surface area contributed by atoms with Gasteiger partial charge in [-0.15, -0.1) is 0 Å². The molecule has 0 aromatic heterocycles. The molecule has 0 unspecified atom stereocenters. The number of piperazine rings is 1. The van der Waals surface area contributed by atoms with E-state index in [0.717, 1.165) is 24.5 Å². The molecule has 1 fully saturated rings. The molecule has 1 aliphatic heterocycles. The number of ether oxygens (including phenoxy) is 1. The van der Waals surface area contributed by atoms with E-state index in [1.54, 1.807) is 31.4 Å². The highest BCUT2D eigenvalue weighted by atomic mass is 16.5. The fourth-order valence-corrected chi connectivity index (χ4v) is 3.06. The van der Waals surface area contributed by atoms with E-state index in [0.29, 0.717) is 24.3 Å². The molecule has 0 aliphatic carbocycles. The van der Waals surface area contributed by atoms with Crippen LogP contribution < -0.4 is 15.0 Å². The highest BCUT2D eigenvalue weighted by Gasteiger charge is 2.22. The Bertz CT molecular complexity index is 781. The Kier molecular flexibility index (Phi) is 5.41. The molecule has 1 aliphatic rings. The minimum atomic E-state index is -0.127. The van der Waals surface area contributed by atoms with Gasteiger partial charge in [-0.2, -0.15) is 0 Å². The normalized spacial score (nSPS) is 14.1. The van der Waals surface area contributed by atoms with Crippen LogP contribution in [0.4, 0.5) is 11.4 Å². The van der Waals surface area contributed by atoms with Gasteiger partial charge in [-0.05, 0) is 36.4 Å². The second-order valence-corrected chi connectivity index (χ2v) is 6.24. The summed E-state index contributed by atoms with van der Waals surface area (Å²) in [4.78, 5) is 27.9. The Morgan fingerprint density at radius 3 is 2.31 bits per heavy atom. The first-order valence-corrected chi connectivity index (χ1v) is 8.63. The van der Waals surface area contributed by atoms with E-state index in [4.69, 9.17) is 4.74 Å². The lowest BCUT2D eigenvalue weighted by atomic mass is 10.1. The number of methoxy groups -OCH3 is 1. The number of carbonyl (C=O) groups excluding carboxylic acids is 2. The molecule has 1 heterocycles. The van der Waals surface area contributed by atoms with Crippen molar-refractivity contribution in [3.05, 3.63) is 54.1 Å². The summed E-state index contributed by atoms with van der Waals surface area (Å²) >= 11 is 0. The number of rotatable bonds is 4. The maximum atomic E-state index is 12.7. The summed E-state index contributed by atoms with van der Waals surface area (Å²) in [5, 5.41) is 2.70. The van der Waals surface area contributed by atoms with E-state index in [1.807, 2.05) is 23.1 Å². The van der Waals surface area contributed by atoms with Crippen molar-refractivity contribution in [1.82, 2.24) is 4.90 Å². The van der Waals surface area contributed by atoms with Crippen molar-refractivity contribution in [2.24, 2.45) is 0 Å². The molecular weight excluding hydrogens is 330 g/mol. The average molecular weight is 353 g/mol. The second kappa shape index (κ2) is 7.91. The van der Waals surface area contributed by atoms with Crippen molar-refractivity contribution >= 4 is 23.2 Å². The Balaban J connectivity index is 1.60. The molecule has 136 valence electrons. The molecule has 0 radical (unpaired) electrons. The molecule has 3 rings (SSSR count). The third-order valence-corrected chi connectivity index (χ3v) is 4.44. The van der Waals surface area contributed by atoms with E-state index in [9.17, 15) is 9.59 Å². The predicted octanol–water partition coefficient (Wildman–Crippen LogP) is 2.62. The number of nitrogens with one attached hydrogen (secondary N) is 1. The summed E-state index contributed by atoms with van der Waals surface area (Å²) in [5.41, 5.74) is 2.43. The molecule has 0 atom stereocenters. The molecule has 0 bridgehead atoms.